The summed E-state index contributed by atoms with van der Waals surface area (Å²) in [6.45, 7) is 9.02. The predicted octanol–water partition coefficient (Wildman–Crippen LogP) is 7.68. The number of fused-ring (bicyclic) bond motifs is 3. The van der Waals surface area contributed by atoms with Crippen LogP contribution in [0.2, 0.25) is 0 Å². The molecule has 0 bridgehead atoms. The van der Waals surface area contributed by atoms with Crippen molar-refractivity contribution in [3.63, 3.8) is 0 Å². The molecule has 0 atom stereocenters. The van der Waals surface area contributed by atoms with Gasteiger partial charge in [0.1, 0.15) is 0 Å². The minimum Gasteiger partial charge on any atom is -0.343 e. The Morgan fingerprint density at radius 3 is 2.07 bits per heavy atom. The fraction of sp³-hybridized carbons (Fsp3) is 0.280. The van der Waals surface area contributed by atoms with E-state index < -0.39 is 0 Å². The van der Waals surface area contributed by atoms with E-state index in [0.717, 1.165) is 6.42 Å². The van der Waals surface area contributed by atoms with Crippen LogP contribution in [0, 0.1) is 0 Å². The van der Waals surface area contributed by atoms with Gasteiger partial charge in [-0.3, -0.25) is 0 Å². The number of nitrogens with zero attached hydrogens (tertiary/aromatic N) is 1. The maximum atomic E-state index is 2.32. The molecule has 0 N–H and O–H groups in total. The highest BCUT2D eigenvalue weighted by molar-refractivity contribution is 7.26. The first-order valence-corrected chi connectivity index (χ1v) is 10.5. The van der Waals surface area contributed by atoms with Crippen LogP contribution in [-0.4, -0.2) is 7.05 Å². The fourth-order valence-electron chi connectivity index (χ4n) is 3.73. The second-order valence-electron chi connectivity index (χ2n) is 8.26. The Labute approximate surface area is 166 Å². The molecular weight excluding hydrogens is 346 g/mol. The van der Waals surface area contributed by atoms with Crippen LogP contribution < -0.4 is 4.90 Å². The number of aryl methyl sites for hydroxylation is 1. The third-order valence-corrected chi connectivity index (χ3v) is 6.77. The molecule has 0 amide bonds. The standard InChI is InChI=1S/C25H27NS/c1-6-17-9-7-10-20-21-11-8-12-22(24(21)27-23(17)20)26(5)19-15-13-18(14-16-19)25(2,3)4/h7-16H,6H2,1-5H3. The van der Waals surface area contributed by atoms with Gasteiger partial charge in [0.05, 0.1) is 10.4 Å². The molecule has 0 aliphatic heterocycles. The van der Waals surface area contributed by atoms with Crippen molar-refractivity contribution < 1.29 is 0 Å². The zero-order valence-corrected chi connectivity index (χ0v) is 17.7. The van der Waals surface area contributed by atoms with Crippen molar-refractivity contribution in [2.24, 2.45) is 0 Å². The fourth-order valence-corrected chi connectivity index (χ4v) is 5.16. The summed E-state index contributed by atoms with van der Waals surface area (Å²) in [4.78, 5) is 2.32. The molecule has 1 nitrogen and oxygen atoms in total. The molecule has 0 saturated carbocycles. The minimum absolute atomic E-state index is 0.180. The van der Waals surface area contributed by atoms with Gasteiger partial charge in [-0.05, 0) is 41.2 Å². The first-order valence-electron chi connectivity index (χ1n) is 9.67. The first-order chi connectivity index (χ1) is 12.9. The number of hydrogen-bond donors (Lipinski definition) is 0. The Balaban J connectivity index is 1.83. The molecule has 4 aromatic rings. The summed E-state index contributed by atoms with van der Waals surface area (Å²) in [5.41, 5.74) is 5.49. The van der Waals surface area contributed by atoms with Gasteiger partial charge in [0.25, 0.3) is 0 Å². The lowest BCUT2D eigenvalue weighted by Crippen LogP contribution is -2.13. The molecule has 3 aromatic carbocycles. The molecule has 0 spiro atoms. The van der Waals surface area contributed by atoms with Crippen molar-refractivity contribution in [1.29, 1.82) is 0 Å². The Bertz CT molecular complexity index is 1100. The maximum absolute atomic E-state index is 2.32. The van der Waals surface area contributed by atoms with Crippen molar-refractivity contribution in [1.82, 2.24) is 0 Å². The van der Waals surface area contributed by atoms with Crippen molar-refractivity contribution in [2.45, 2.75) is 39.5 Å². The van der Waals surface area contributed by atoms with Crippen LogP contribution in [0.1, 0.15) is 38.8 Å². The van der Waals surface area contributed by atoms with Gasteiger partial charge in [0, 0.05) is 28.2 Å². The topological polar surface area (TPSA) is 3.24 Å². The lowest BCUT2D eigenvalue weighted by atomic mass is 9.87. The Hall–Kier alpha value is -2.32. The van der Waals surface area contributed by atoms with Crippen LogP contribution in [0.5, 0.6) is 0 Å². The summed E-state index contributed by atoms with van der Waals surface area (Å²) >= 11 is 1.93. The van der Waals surface area contributed by atoms with Crippen LogP contribution in [0.3, 0.4) is 0 Å². The third-order valence-electron chi connectivity index (χ3n) is 5.45. The molecule has 0 aliphatic carbocycles. The monoisotopic (exact) mass is 373 g/mol. The quantitative estimate of drug-likeness (QED) is 0.356. The Morgan fingerprint density at radius 1 is 0.815 bits per heavy atom. The van der Waals surface area contributed by atoms with E-state index in [1.807, 2.05) is 11.3 Å². The average molecular weight is 374 g/mol. The van der Waals surface area contributed by atoms with E-state index in [9.17, 15) is 0 Å². The van der Waals surface area contributed by atoms with Gasteiger partial charge < -0.3 is 4.90 Å². The highest BCUT2D eigenvalue weighted by Crippen LogP contribution is 2.42. The Kier molecular flexibility index (Phi) is 4.47. The predicted molar refractivity (Wildman–Crippen MR) is 122 cm³/mol. The van der Waals surface area contributed by atoms with Gasteiger partial charge in [0.2, 0.25) is 0 Å². The van der Waals surface area contributed by atoms with Crippen molar-refractivity contribution >= 4 is 42.9 Å². The van der Waals surface area contributed by atoms with Gasteiger partial charge in [-0.2, -0.15) is 0 Å². The smallest absolute Gasteiger partial charge is 0.0592 e. The van der Waals surface area contributed by atoms with E-state index >= 15 is 0 Å². The SMILES string of the molecule is CCc1cccc2c1sc1c(N(C)c3ccc(C(C)(C)C)cc3)cccc12. The van der Waals surface area contributed by atoms with E-state index in [1.165, 1.54) is 42.7 Å². The summed E-state index contributed by atoms with van der Waals surface area (Å²) in [5.74, 6) is 0. The van der Waals surface area contributed by atoms with Gasteiger partial charge in [-0.25, -0.2) is 0 Å². The molecule has 27 heavy (non-hydrogen) atoms. The van der Waals surface area contributed by atoms with Gasteiger partial charge >= 0.3 is 0 Å². The summed E-state index contributed by atoms with van der Waals surface area (Å²) in [6, 6.07) is 22.4. The van der Waals surface area contributed by atoms with Gasteiger partial charge in [0.15, 0.2) is 0 Å². The highest BCUT2D eigenvalue weighted by Gasteiger charge is 2.16. The van der Waals surface area contributed by atoms with E-state index in [1.54, 1.807) is 0 Å². The lowest BCUT2D eigenvalue weighted by Gasteiger charge is -2.23. The molecule has 0 saturated heterocycles. The molecule has 2 heteroatoms. The van der Waals surface area contributed by atoms with E-state index in [2.05, 4.69) is 100 Å². The van der Waals surface area contributed by atoms with Crippen LogP contribution >= 0.6 is 11.3 Å². The van der Waals surface area contributed by atoms with Crippen LogP contribution in [0.15, 0.2) is 60.7 Å². The highest BCUT2D eigenvalue weighted by atomic mass is 32.1. The molecule has 0 unspecified atom stereocenters. The number of thiophene rings is 1. The lowest BCUT2D eigenvalue weighted by molar-refractivity contribution is 0.590. The average Bonchev–Trinajstić information content (AvgIpc) is 3.05. The summed E-state index contributed by atoms with van der Waals surface area (Å²) in [6.07, 6.45) is 1.07. The molecule has 1 heterocycles. The zero-order chi connectivity index (χ0) is 19.2. The first kappa shape index (κ1) is 18.1. The summed E-state index contributed by atoms with van der Waals surface area (Å²) in [5, 5.41) is 2.74. The van der Waals surface area contributed by atoms with Crippen LogP contribution in [0.4, 0.5) is 11.4 Å². The number of anilines is 2. The molecule has 4 rings (SSSR count). The number of rotatable bonds is 3. The molecule has 0 fully saturated rings. The van der Waals surface area contributed by atoms with Crippen LogP contribution in [-0.2, 0) is 11.8 Å². The zero-order valence-electron chi connectivity index (χ0n) is 16.8. The van der Waals surface area contributed by atoms with Gasteiger partial charge in [-0.1, -0.05) is 70.2 Å². The molecular formula is C25H27NS. The normalized spacial score (nSPS) is 12.0. The molecule has 0 radical (unpaired) electrons. The second-order valence-corrected chi connectivity index (χ2v) is 9.28. The third kappa shape index (κ3) is 3.12. The van der Waals surface area contributed by atoms with E-state index in [0.29, 0.717) is 0 Å². The number of hydrogen-bond acceptors (Lipinski definition) is 2. The minimum atomic E-state index is 0.180. The molecule has 1 aromatic heterocycles. The largest absolute Gasteiger partial charge is 0.343 e. The van der Waals surface area contributed by atoms with Crippen molar-refractivity contribution in [2.75, 3.05) is 11.9 Å². The Morgan fingerprint density at radius 2 is 1.44 bits per heavy atom. The van der Waals surface area contributed by atoms with Gasteiger partial charge in [-0.15, -0.1) is 11.3 Å². The summed E-state index contributed by atoms with van der Waals surface area (Å²) < 4.78 is 2.80. The maximum Gasteiger partial charge on any atom is 0.0592 e. The second kappa shape index (κ2) is 6.69. The molecule has 138 valence electrons. The summed E-state index contributed by atoms with van der Waals surface area (Å²) in [7, 11) is 2.17. The van der Waals surface area contributed by atoms with Crippen molar-refractivity contribution in [3.8, 4) is 0 Å². The van der Waals surface area contributed by atoms with Crippen LogP contribution in [0.25, 0.3) is 20.2 Å². The van der Waals surface area contributed by atoms with E-state index in [4.69, 9.17) is 0 Å². The van der Waals surface area contributed by atoms with E-state index in [-0.39, 0.29) is 5.41 Å². The molecule has 0 aliphatic rings. The number of benzene rings is 3. The van der Waals surface area contributed by atoms with Crippen molar-refractivity contribution in [3.05, 3.63) is 71.8 Å².